The Balaban J connectivity index is 0.00000320. The van der Waals surface area contributed by atoms with Gasteiger partial charge in [0.05, 0.1) is 12.6 Å². The van der Waals surface area contributed by atoms with E-state index >= 15 is 0 Å². The Morgan fingerprint density at radius 1 is 1.14 bits per heavy atom. The number of ketones is 1. The highest BCUT2D eigenvalue weighted by molar-refractivity contribution is 5.99. The van der Waals surface area contributed by atoms with Gasteiger partial charge in [0.2, 0.25) is 11.5 Å². The van der Waals surface area contributed by atoms with Gasteiger partial charge in [-0.1, -0.05) is 36.4 Å². The molecule has 29 heavy (non-hydrogen) atoms. The molecule has 8 heteroatoms. The second-order valence-electron chi connectivity index (χ2n) is 7.26. The standard InChI is InChI=1S/C21H23N3O5.3H2/c1-13(22-20(28)15-9-6-10-17(25)23-15)19(27)24-16(18(26)21(2)12-29-21)11-14-7-4-3-5-8-14;;;/h3-10,13,16H,11-12H2,1-2H3,(H,22,28)(H,23,25)(H,24,27);3*1H/t13-,16-,21+;;;/m0.../s1. The van der Waals surface area contributed by atoms with Gasteiger partial charge >= 0.3 is 0 Å². The molecule has 0 bridgehead atoms. The van der Waals surface area contributed by atoms with Gasteiger partial charge in [-0.05, 0) is 31.9 Å². The summed E-state index contributed by atoms with van der Waals surface area (Å²) >= 11 is 0. The molecule has 3 atom stereocenters. The highest BCUT2D eigenvalue weighted by atomic mass is 16.6. The first-order chi connectivity index (χ1) is 13.8. The van der Waals surface area contributed by atoms with Crippen LogP contribution < -0.4 is 16.2 Å². The third-order valence-corrected chi connectivity index (χ3v) is 4.77. The molecule has 1 aromatic carbocycles. The average molecular weight is 403 g/mol. The fourth-order valence-electron chi connectivity index (χ4n) is 2.90. The van der Waals surface area contributed by atoms with Crippen molar-refractivity contribution in [1.82, 2.24) is 15.6 Å². The van der Waals surface area contributed by atoms with E-state index in [1.54, 1.807) is 6.92 Å². The number of carbonyl (C=O) groups is 3. The lowest BCUT2D eigenvalue weighted by Crippen LogP contribution is -2.53. The van der Waals surface area contributed by atoms with Gasteiger partial charge < -0.3 is 20.4 Å². The van der Waals surface area contributed by atoms with Crippen LogP contribution in [0.2, 0.25) is 0 Å². The molecule has 0 spiro atoms. The molecule has 158 valence electrons. The number of nitrogens with one attached hydrogen (secondary N) is 3. The largest absolute Gasteiger partial charge is 0.361 e. The summed E-state index contributed by atoms with van der Waals surface area (Å²) in [6.45, 7) is 3.52. The molecule has 1 fully saturated rings. The second kappa shape index (κ2) is 8.40. The van der Waals surface area contributed by atoms with Gasteiger partial charge in [-0.15, -0.1) is 0 Å². The maximum absolute atomic E-state index is 12.8. The number of Topliss-reactive ketones (excluding diaryl/α,β-unsaturated/α-hetero) is 1. The molecule has 2 aromatic rings. The van der Waals surface area contributed by atoms with Crippen molar-refractivity contribution in [3.05, 3.63) is 70.1 Å². The lowest BCUT2D eigenvalue weighted by molar-refractivity contribution is -0.131. The van der Waals surface area contributed by atoms with Crippen LogP contribution in [-0.4, -0.2) is 46.9 Å². The highest BCUT2D eigenvalue weighted by Crippen LogP contribution is 2.29. The number of ether oxygens (including phenoxy) is 1. The van der Waals surface area contributed by atoms with Gasteiger partial charge in [0.15, 0.2) is 5.78 Å². The zero-order valence-corrected chi connectivity index (χ0v) is 16.2. The van der Waals surface area contributed by atoms with Crippen LogP contribution in [0.4, 0.5) is 0 Å². The lowest BCUT2D eigenvalue weighted by atomic mass is 9.94. The van der Waals surface area contributed by atoms with E-state index in [0.29, 0.717) is 13.0 Å². The van der Waals surface area contributed by atoms with Crippen LogP contribution in [-0.2, 0) is 20.7 Å². The van der Waals surface area contributed by atoms with E-state index < -0.39 is 35.1 Å². The first kappa shape index (κ1) is 20.5. The minimum Gasteiger partial charge on any atom is -0.361 e. The van der Waals surface area contributed by atoms with E-state index in [1.807, 2.05) is 30.3 Å². The number of amides is 2. The number of benzene rings is 1. The molecule has 1 saturated heterocycles. The van der Waals surface area contributed by atoms with E-state index in [0.717, 1.165) is 5.56 Å². The number of H-pyrrole nitrogens is 1. The van der Waals surface area contributed by atoms with Crippen LogP contribution in [0.15, 0.2) is 53.3 Å². The normalized spacial score (nSPS) is 19.7. The third kappa shape index (κ3) is 5.17. The molecular weight excluding hydrogens is 374 g/mol. The quantitative estimate of drug-likeness (QED) is 0.574. The Kier molecular flexibility index (Phi) is 5.93. The molecule has 8 nitrogen and oxygen atoms in total. The molecular formula is C21H29N3O5. The fourth-order valence-corrected chi connectivity index (χ4v) is 2.90. The van der Waals surface area contributed by atoms with Gasteiger partial charge in [-0.2, -0.15) is 0 Å². The summed E-state index contributed by atoms with van der Waals surface area (Å²) in [4.78, 5) is 51.4. The molecule has 3 rings (SSSR count). The maximum atomic E-state index is 12.8. The number of hydrogen-bond acceptors (Lipinski definition) is 5. The van der Waals surface area contributed by atoms with Crippen LogP contribution in [0.5, 0.6) is 0 Å². The number of aromatic amines is 1. The number of pyridine rings is 1. The van der Waals surface area contributed by atoms with Gasteiger partial charge in [0, 0.05) is 10.3 Å². The number of epoxide rings is 1. The van der Waals surface area contributed by atoms with Crippen molar-refractivity contribution in [2.75, 3.05) is 6.61 Å². The zero-order chi connectivity index (χ0) is 21.0. The Labute approximate surface area is 172 Å². The highest BCUT2D eigenvalue weighted by Gasteiger charge is 2.50. The predicted octanol–water partition coefficient (Wildman–Crippen LogP) is 1.32. The van der Waals surface area contributed by atoms with Crippen LogP contribution >= 0.6 is 0 Å². The minimum absolute atomic E-state index is 0. The van der Waals surface area contributed by atoms with Crippen molar-refractivity contribution >= 4 is 17.6 Å². The maximum Gasteiger partial charge on any atom is 0.268 e. The Hall–Kier alpha value is -3.26. The van der Waals surface area contributed by atoms with Gasteiger partial charge in [0.25, 0.3) is 5.91 Å². The van der Waals surface area contributed by atoms with Crippen molar-refractivity contribution < 1.29 is 23.4 Å². The summed E-state index contributed by atoms with van der Waals surface area (Å²) < 4.78 is 5.25. The van der Waals surface area contributed by atoms with E-state index in [2.05, 4.69) is 15.6 Å². The average Bonchev–Trinajstić information content (AvgIpc) is 3.46. The van der Waals surface area contributed by atoms with Crippen LogP contribution in [0.25, 0.3) is 0 Å². The van der Waals surface area contributed by atoms with E-state index in [1.165, 1.54) is 25.1 Å². The Morgan fingerprint density at radius 2 is 1.83 bits per heavy atom. The van der Waals surface area contributed by atoms with Gasteiger partial charge in [0.1, 0.15) is 17.3 Å². The molecule has 2 amide bonds. The first-order valence-corrected chi connectivity index (χ1v) is 9.31. The summed E-state index contributed by atoms with van der Waals surface area (Å²) in [6.07, 6.45) is 0.317. The van der Waals surface area contributed by atoms with Crippen LogP contribution in [0.1, 0.15) is 34.2 Å². The summed E-state index contributed by atoms with van der Waals surface area (Å²) in [5.74, 6) is -1.30. The monoisotopic (exact) mass is 403 g/mol. The minimum atomic E-state index is -0.912. The van der Waals surface area contributed by atoms with E-state index in [9.17, 15) is 19.2 Å². The molecule has 0 unspecified atom stereocenters. The molecule has 0 radical (unpaired) electrons. The van der Waals surface area contributed by atoms with Crippen molar-refractivity contribution in [3.8, 4) is 0 Å². The van der Waals surface area contributed by atoms with E-state index in [4.69, 9.17) is 4.74 Å². The summed E-state index contributed by atoms with van der Waals surface area (Å²) in [7, 11) is 0. The molecule has 0 aliphatic carbocycles. The fraction of sp³-hybridized carbons (Fsp3) is 0.333. The van der Waals surface area contributed by atoms with Crippen molar-refractivity contribution in [2.24, 2.45) is 0 Å². The van der Waals surface area contributed by atoms with Crippen molar-refractivity contribution in [2.45, 2.75) is 38.0 Å². The number of aromatic nitrogens is 1. The molecule has 1 aliphatic heterocycles. The van der Waals surface area contributed by atoms with Gasteiger partial charge in [-0.25, -0.2) is 0 Å². The molecule has 1 aliphatic rings. The summed E-state index contributed by atoms with van der Waals surface area (Å²) in [5.41, 5.74) is -0.356. The summed E-state index contributed by atoms with van der Waals surface area (Å²) in [6, 6.07) is 11.8. The Bertz CT molecular complexity index is 980. The lowest BCUT2D eigenvalue weighted by Gasteiger charge is -2.22. The topological polar surface area (TPSA) is 121 Å². The smallest absolute Gasteiger partial charge is 0.268 e. The van der Waals surface area contributed by atoms with Gasteiger partial charge in [-0.3, -0.25) is 19.2 Å². The third-order valence-electron chi connectivity index (χ3n) is 4.77. The Morgan fingerprint density at radius 3 is 2.45 bits per heavy atom. The van der Waals surface area contributed by atoms with Crippen molar-refractivity contribution in [1.29, 1.82) is 0 Å². The number of rotatable bonds is 8. The number of hydrogen-bond donors (Lipinski definition) is 3. The van der Waals surface area contributed by atoms with E-state index in [-0.39, 0.29) is 15.8 Å². The molecule has 2 heterocycles. The van der Waals surface area contributed by atoms with Crippen LogP contribution in [0.3, 0.4) is 0 Å². The summed E-state index contributed by atoms with van der Waals surface area (Å²) in [5, 5.41) is 5.25. The van der Waals surface area contributed by atoms with Crippen molar-refractivity contribution in [3.63, 3.8) is 0 Å². The SMILES string of the molecule is C[C@H](NC(=O)c1cccc(=O)[nH]1)C(=O)N[C@@H](Cc1ccccc1)C(=O)[C@@]1(C)CO1.[HH].[HH].[HH]. The predicted molar refractivity (Wildman–Crippen MR) is 112 cm³/mol. The van der Waals surface area contributed by atoms with Crippen LogP contribution in [0, 0.1) is 0 Å². The second-order valence-corrected chi connectivity index (χ2v) is 7.26. The molecule has 3 N–H and O–H groups in total. The first-order valence-electron chi connectivity index (χ1n) is 9.31. The molecule has 0 saturated carbocycles. The molecule has 1 aromatic heterocycles. The zero-order valence-electron chi connectivity index (χ0n) is 16.2. The number of carbonyl (C=O) groups excluding carboxylic acids is 3.